The van der Waals surface area contributed by atoms with Crippen molar-refractivity contribution in [3.05, 3.63) is 65.6 Å². The Morgan fingerprint density at radius 3 is 2.63 bits per heavy atom. The topological polar surface area (TPSA) is 97.3 Å². The molecule has 0 spiro atoms. The van der Waals surface area contributed by atoms with E-state index in [1.165, 1.54) is 0 Å². The van der Waals surface area contributed by atoms with E-state index in [4.69, 9.17) is 36.0 Å². The van der Waals surface area contributed by atoms with Gasteiger partial charge < -0.3 is 25.0 Å². The van der Waals surface area contributed by atoms with E-state index in [0.29, 0.717) is 30.1 Å². The van der Waals surface area contributed by atoms with Gasteiger partial charge in [-0.15, -0.1) is 0 Å². The molecule has 0 unspecified atom stereocenters. The zero-order valence-electron chi connectivity index (χ0n) is 21.5. The number of fused-ring (bicyclic) bond motifs is 1. The molecule has 38 heavy (non-hydrogen) atoms. The minimum Gasteiger partial charge on any atom is -0.497 e. The third-order valence-electron chi connectivity index (χ3n) is 6.41. The molecule has 9 nitrogen and oxygen atoms in total. The van der Waals surface area contributed by atoms with Crippen molar-refractivity contribution in [2.75, 3.05) is 55.5 Å². The van der Waals surface area contributed by atoms with Crippen molar-refractivity contribution in [3.63, 3.8) is 0 Å². The zero-order chi connectivity index (χ0) is 26.2. The van der Waals surface area contributed by atoms with Crippen LogP contribution in [0.1, 0.15) is 25.1 Å². The Kier molecular flexibility index (Phi) is 8.67. The molecular weight excluding hydrogens is 502 g/mol. The maximum Gasteiger partial charge on any atom is 0.232 e. The Hall–Kier alpha value is -3.69. The number of rotatable bonds is 11. The Morgan fingerprint density at radius 1 is 0.974 bits per heavy atom. The molecule has 1 fully saturated rings. The van der Waals surface area contributed by atoms with Crippen molar-refractivity contribution < 1.29 is 9.47 Å². The SMILES string of the molecule is COc1ccc(Nc2nc(CCCCCNc3ccnc4cc(Cl)ccc34)nc(N3CCOCC3)n2)cc1. The molecule has 2 aromatic carbocycles. The van der Waals surface area contributed by atoms with Crippen molar-refractivity contribution in [1.29, 1.82) is 0 Å². The molecule has 1 aliphatic heterocycles. The van der Waals surface area contributed by atoms with Crippen molar-refractivity contribution in [2.45, 2.75) is 25.7 Å². The van der Waals surface area contributed by atoms with Gasteiger partial charge in [0.2, 0.25) is 11.9 Å². The molecular formula is C28H32ClN7O2. The third-order valence-corrected chi connectivity index (χ3v) is 6.64. The van der Waals surface area contributed by atoms with Crippen LogP contribution in [0.4, 0.5) is 23.3 Å². The molecule has 1 saturated heterocycles. The standard InChI is InChI=1S/C28H32ClN7O2/c1-37-22-9-7-21(8-10-22)32-27-33-26(34-28(35-27)36-15-17-38-18-16-36)5-3-2-4-13-30-24-12-14-31-25-19-20(29)6-11-23(24)25/h6-12,14,19H,2-5,13,15-18H2,1H3,(H,30,31)(H,32,33,34,35). The van der Waals surface area contributed by atoms with E-state index in [-0.39, 0.29) is 0 Å². The lowest BCUT2D eigenvalue weighted by Crippen LogP contribution is -2.37. The number of nitrogens with one attached hydrogen (secondary N) is 2. The number of halogens is 1. The van der Waals surface area contributed by atoms with E-state index < -0.39 is 0 Å². The van der Waals surface area contributed by atoms with E-state index in [1.54, 1.807) is 7.11 Å². The summed E-state index contributed by atoms with van der Waals surface area (Å²) in [5.74, 6) is 2.84. The average molecular weight is 534 g/mol. The van der Waals surface area contributed by atoms with Gasteiger partial charge in [0.1, 0.15) is 11.6 Å². The number of hydrogen-bond donors (Lipinski definition) is 2. The maximum atomic E-state index is 6.11. The van der Waals surface area contributed by atoms with Crippen LogP contribution >= 0.6 is 11.6 Å². The highest BCUT2D eigenvalue weighted by atomic mass is 35.5. The van der Waals surface area contributed by atoms with Gasteiger partial charge in [-0.2, -0.15) is 15.0 Å². The Balaban J connectivity index is 1.18. The fraction of sp³-hybridized carbons (Fsp3) is 0.357. The van der Waals surface area contributed by atoms with Crippen molar-refractivity contribution in [3.8, 4) is 5.75 Å². The number of aryl methyl sites for hydroxylation is 1. The van der Waals surface area contributed by atoms with Crippen LogP contribution in [0.5, 0.6) is 5.75 Å². The van der Waals surface area contributed by atoms with Crippen molar-refractivity contribution in [1.82, 2.24) is 19.9 Å². The van der Waals surface area contributed by atoms with Gasteiger partial charge in [-0.25, -0.2) is 0 Å². The summed E-state index contributed by atoms with van der Waals surface area (Å²) in [6.45, 7) is 3.77. The highest BCUT2D eigenvalue weighted by Gasteiger charge is 2.17. The summed E-state index contributed by atoms with van der Waals surface area (Å²) in [4.78, 5) is 20.8. The fourth-order valence-electron chi connectivity index (χ4n) is 4.37. The number of benzene rings is 2. The molecule has 0 aliphatic carbocycles. The van der Waals surface area contributed by atoms with E-state index in [2.05, 4.69) is 20.5 Å². The van der Waals surface area contributed by atoms with Gasteiger partial charge in [0.25, 0.3) is 0 Å². The minimum atomic E-state index is 0.549. The summed E-state index contributed by atoms with van der Waals surface area (Å²) in [5.41, 5.74) is 2.87. The van der Waals surface area contributed by atoms with Gasteiger partial charge in [-0.05, 0) is 61.4 Å². The lowest BCUT2D eigenvalue weighted by Gasteiger charge is -2.27. The molecule has 0 atom stereocenters. The normalized spacial score (nSPS) is 13.5. The maximum absolute atomic E-state index is 6.11. The molecule has 0 radical (unpaired) electrons. The van der Waals surface area contributed by atoms with Crippen LogP contribution in [-0.4, -0.2) is 59.9 Å². The summed E-state index contributed by atoms with van der Waals surface area (Å²) >= 11 is 6.11. The lowest BCUT2D eigenvalue weighted by atomic mass is 10.1. The minimum absolute atomic E-state index is 0.549. The summed E-state index contributed by atoms with van der Waals surface area (Å²) in [6.07, 6.45) is 5.68. The second-order valence-corrected chi connectivity index (χ2v) is 9.52. The third kappa shape index (κ3) is 6.79. The van der Waals surface area contributed by atoms with Gasteiger partial charge in [0.15, 0.2) is 0 Å². The largest absolute Gasteiger partial charge is 0.497 e. The fourth-order valence-corrected chi connectivity index (χ4v) is 4.53. The second kappa shape index (κ2) is 12.7. The molecule has 0 bridgehead atoms. The molecule has 0 amide bonds. The van der Waals surface area contributed by atoms with E-state index >= 15 is 0 Å². The first-order chi connectivity index (χ1) is 18.7. The van der Waals surface area contributed by atoms with Gasteiger partial charge in [0.05, 0.1) is 25.8 Å². The quantitative estimate of drug-likeness (QED) is 0.243. The lowest BCUT2D eigenvalue weighted by molar-refractivity contribution is 0.122. The van der Waals surface area contributed by atoms with Crippen LogP contribution in [0.15, 0.2) is 54.7 Å². The molecule has 3 heterocycles. The van der Waals surface area contributed by atoms with Gasteiger partial charge >= 0.3 is 0 Å². The summed E-state index contributed by atoms with van der Waals surface area (Å²) < 4.78 is 10.8. The number of pyridine rings is 1. The molecule has 1 aliphatic rings. The number of ether oxygens (including phenoxy) is 2. The molecule has 5 rings (SSSR count). The predicted molar refractivity (Wildman–Crippen MR) is 152 cm³/mol. The molecule has 2 aromatic heterocycles. The van der Waals surface area contributed by atoms with Crippen molar-refractivity contribution >= 4 is 45.8 Å². The molecule has 4 aromatic rings. The van der Waals surface area contributed by atoms with Gasteiger partial charge in [0, 0.05) is 54.0 Å². The Morgan fingerprint density at radius 2 is 1.82 bits per heavy atom. The summed E-state index contributed by atoms with van der Waals surface area (Å²) in [6, 6.07) is 15.5. The van der Waals surface area contributed by atoms with Crippen LogP contribution in [-0.2, 0) is 11.2 Å². The smallest absolute Gasteiger partial charge is 0.232 e. The van der Waals surface area contributed by atoms with Crippen LogP contribution in [0, 0.1) is 0 Å². The number of nitrogens with zero attached hydrogens (tertiary/aromatic N) is 5. The predicted octanol–water partition coefficient (Wildman–Crippen LogP) is 5.49. The number of unbranched alkanes of at least 4 members (excludes halogenated alkanes) is 2. The summed E-state index contributed by atoms with van der Waals surface area (Å²) in [7, 11) is 1.66. The number of morpholine rings is 1. The van der Waals surface area contributed by atoms with Crippen LogP contribution in [0.25, 0.3) is 10.9 Å². The van der Waals surface area contributed by atoms with E-state index in [1.807, 2.05) is 54.7 Å². The molecule has 0 saturated carbocycles. The average Bonchev–Trinajstić information content (AvgIpc) is 2.95. The highest BCUT2D eigenvalue weighted by Crippen LogP contribution is 2.25. The first-order valence-corrected chi connectivity index (χ1v) is 13.3. The first-order valence-electron chi connectivity index (χ1n) is 12.9. The number of hydrogen-bond acceptors (Lipinski definition) is 9. The van der Waals surface area contributed by atoms with Crippen LogP contribution < -0.4 is 20.3 Å². The summed E-state index contributed by atoms with van der Waals surface area (Å²) in [5, 5.41) is 8.64. The number of methoxy groups -OCH3 is 1. The van der Waals surface area contributed by atoms with E-state index in [0.717, 1.165) is 79.2 Å². The first kappa shape index (κ1) is 25.9. The number of aromatic nitrogens is 4. The van der Waals surface area contributed by atoms with Crippen molar-refractivity contribution in [2.24, 2.45) is 0 Å². The Labute approximate surface area is 227 Å². The van der Waals surface area contributed by atoms with Crippen LogP contribution in [0.3, 0.4) is 0 Å². The second-order valence-electron chi connectivity index (χ2n) is 9.09. The highest BCUT2D eigenvalue weighted by molar-refractivity contribution is 6.31. The van der Waals surface area contributed by atoms with Gasteiger partial charge in [-0.3, -0.25) is 4.98 Å². The van der Waals surface area contributed by atoms with Crippen LogP contribution in [0.2, 0.25) is 5.02 Å². The monoisotopic (exact) mass is 533 g/mol. The number of anilines is 4. The molecule has 198 valence electrons. The zero-order valence-corrected chi connectivity index (χ0v) is 22.2. The molecule has 2 N–H and O–H groups in total. The Bertz CT molecular complexity index is 1350. The molecule has 10 heteroatoms. The van der Waals surface area contributed by atoms with Gasteiger partial charge in [-0.1, -0.05) is 18.0 Å². The van der Waals surface area contributed by atoms with E-state index in [9.17, 15) is 0 Å².